The number of benzene rings is 1. The summed E-state index contributed by atoms with van der Waals surface area (Å²) in [6, 6.07) is 3.32. The zero-order valence-electron chi connectivity index (χ0n) is 8.78. The fraction of sp³-hybridized carbons (Fsp3) is 0.333. The maximum absolute atomic E-state index is 12.1. The van der Waals surface area contributed by atoms with Crippen LogP contribution >= 0.6 is 0 Å². The van der Waals surface area contributed by atoms with Gasteiger partial charge in [-0.1, -0.05) is 13.0 Å². The number of primary sulfonamides is 1. The van der Waals surface area contributed by atoms with Crippen molar-refractivity contribution >= 4 is 10.0 Å². The van der Waals surface area contributed by atoms with Crippen LogP contribution in [0.5, 0.6) is 5.75 Å². The van der Waals surface area contributed by atoms with Gasteiger partial charge in [-0.25, -0.2) is 13.6 Å². The molecule has 0 amide bonds. The Balaban J connectivity index is 3.34. The van der Waals surface area contributed by atoms with Crippen LogP contribution in [0.1, 0.15) is 12.5 Å². The summed E-state index contributed by atoms with van der Waals surface area (Å²) in [5.41, 5.74) is -0.0904. The summed E-state index contributed by atoms with van der Waals surface area (Å²) in [6.45, 7) is 1.51. The Hall–Kier alpha value is -1.28. The molecule has 0 bridgehead atoms. The maximum Gasteiger partial charge on any atom is 0.573 e. The molecule has 0 atom stereocenters. The highest BCUT2D eigenvalue weighted by Gasteiger charge is 2.32. The number of hydrogen-bond acceptors (Lipinski definition) is 3. The normalized spacial score (nSPS) is 12.5. The van der Waals surface area contributed by atoms with E-state index in [9.17, 15) is 21.6 Å². The summed E-state index contributed by atoms with van der Waals surface area (Å²) in [4.78, 5) is -0.359. The van der Waals surface area contributed by atoms with Gasteiger partial charge in [0.2, 0.25) is 10.0 Å². The Labute approximate surface area is 96.2 Å². The standard InChI is InChI=1S/C9H10F3NO3S/c1-2-6-7(16-9(10,11)12)4-3-5-8(6)17(13,14)15/h3-5H,2H2,1H3,(H2,13,14,15). The number of nitrogens with two attached hydrogens (primary N) is 1. The van der Waals surface area contributed by atoms with Crippen LogP contribution in [0.4, 0.5) is 13.2 Å². The van der Waals surface area contributed by atoms with E-state index in [0.29, 0.717) is 0 Å². The molecule has 0 heterocycles. The van der Waals surface area contributed by atoms with Gasteiger partial charge in [-0.2, -0.15) is 0 Å². The molecule has 0 spiro atoms. The summed E-state index contributed by atoms with van der Waals surface area (Å²) in [6.07, 6.45) is -4.82. The van der Waals surface area contributed by atoms with Crippen LogP contribution < -0.4 is 9.88 Å². The van der Waals surface area contributed by atoms with Crippen molar-refractivity contribution in [1.82, 2.24) is 0 Å². The van der Waals surface area contributed by atoms with Gasteiger partial charge in [-0.05, 0) is 18.6 Å². The molecule has 96 valence electrons. The number of ether oxygens (including phenoxy) is 1. The Morgan fingerprint density at radius 3 is 2.35 bits per heavy atom. The zero-order chi connectivity index (χ0) is 13.3. The molecule has 8 heteroatoms. The number of hydrogen-bond donors (Lipinski definition) is 1. The highest BCUT2D eigenvalue weighted by Crippen LogP contribution is 2.30. The third-order valence-corrected chi connectivity index (χ3v) is 2.97. The average Bonchev–Trinajstić information content (AvgIpc) is 2.13. The summed E-state index contributed by atoms with van der Waals surface area (Å²) < 4.78 is 62.3. The number of alkyl halides is 3. The van der Waals surface area contributed by atoms with Crippen LogP contribution in [0, 0.1) is 0 Å². The van der Waals surface area contributed by atoms with Gasteiger partial charge < -0.3 is 4.74 Å². The van der Waals surface area contributed by atoms with Crippen LogP contribution in [-0.2, 0) is 16.4 Å². The van der Waals surface area contributed by atoms with Gasteiger partial charge in [0.1, 0.15) is 5.75 Å². The first-order valence-electron chi connectivity index (χ1n) is 4.55. The summed E-state index contributed by atoms with van der Waals surface area (Å²) >= 11 is 0. The SMILES string of the molecule is CCc1c(OC(F)(F)F)cccc1S(N)(=O)=O. The van der Waals surface area contributed by atoms with Crippen molar-refractivity contribution in [2.45, 2.75) is 24.6 Å². The predicted octanol–water partition coefficient (Wildman–Crippen LogP) is 1.79. The summed E-state index contributed by atoms with van der Waals surface area (Å²) in [7, 11) is -4.07. The second kappa shape index (κ2) is 4.53. The van der Waals surface area contributed by atoms with Gasteiger partial charge >= 0.3 is 6.36 Å². The number of sulfonamides is 1. The van der Waals surface area contributed by atoms with E-state index in [1.54, 1.807) is 0 Å². The van der Waals surface area contributed by atoms with Crippen molar-refractivity contribution < 1.29 is 26.3 Å². The lowest BCUT2D eigenvalue weighted by atomic mass is 10.1. The van der Waals surface area contributed by atoms with Crippen molar-refractivity contribution in [2.75, 3.05) is 0 Å². The minimum Gasteiger partial charge on any atom is -0.405 e. The molecule has 1 aromatic carbocycles. The van der Waals surface area contributed by atoms with Crippen LogP contribution in [0.25, 0.3) is 0 Å². The second-order valence-electron chi connectivity index (χ2n) is 3.18. The second-order valence-corrected chi connectivity index (χ2v) is 4.71. The molecule has 0 unspecified atom stereocenters. The summed E-state index contributed by atoms with van der Waals surface area (Å²) in [5.74, 6) is -0.550. The Morgan fingerprint density at radius 2 is 1.94 bits per heavy atom. The molecule has 0 aliphatic carbocycles. The molecule has 0 aromatic heterocycles. The molecule has 0 fully saturated rings. The molecule has 0 aliphatic heterocycles. The molecule has 0 aliphatic rings. The van der Waals surface area contributed by atoms with Crippen molar-refractivity contribution in [2.24, 2.45) is 5.14 Å². The predicted molar refractivity (Wildman–Crippen MR) is 53.9 cm³/mol. The van der Waals surface area contributed by atoms with E-state index >= 15 is 0 Å². The van der Waals surface area contributed by atoms with Crippen LogP contribution in [0.2, 0.25) is 0 Å². The van der Waals surface area contributed by atoms with Crippen LogP contribution in [-0.4, -0.2) is 14.8 Å². The van der Waals surface area contributed by atoms with E-state index in [1.165, 1.54) is 6.92 Å². The Bertz CT molecular complexity index is 511. The van der Waals surface area contributed by atoms with Gasteiger partial charge in [-0.15, -0.1) is 13.2 Å². The minimum absolute atomic E-state index is 0.0536. The number of rotatable bonds is 3. The van der Waals surface area contributed by atoms with E-state index in [1.807, 2.05) is 0 Å². The lowest BCUT2D eigenvalue weighted by molar-refractivity contribution is -0.275. The van der Waals surface area contributed by atoms with E-state index in [4.69, 9.17) is 5.14 Å². The van der Waals surface area contributed by atoms with Gasteiger partial charge in [0.15, 0.2) is 0 Å². The van der Waals surface area contributed by atoms with Crippen LogP contribution in [0.3, 0.4) is 0 Å². The van der Waals surface area contributed by atoms with Crippen LogP contribution in [0.15, 0.2) is 23.1 Å². The first-order chi connectivity index (χ1) is 7.65. The molecule has 0 radical (unpaired) electrons. The van der Waals surface area contributed by atoms with Crippen molar-refractivity contribution in [3.05, 3.63) is 23.8 Å². The van der Waals surface area contributed by atoms with E-state index in [0.717, 1.165) is 18.2 Å². The van der Waals surface area contributed by atoms with Gasteiger partial charge in [0.25, 0.3) is 0 Å². The molecule has 2 N–H and O–H groups in total. The fourth-order valence-corrected chi connectivity index (χ4v) is 2.24. The maximum atomic E-state index is 12.1. The third-order valence-electron chi connectivity index (χ3n) is 1.98. The highest BCUT2D eigenvalue weighted by molar-refractivity contribution is 7.89. The highest BCUT2D eigenvalue weighted by atomic mass is 32.2. The van der Waals surface area contributed by atoms with E-state index in [-0.39, 0.29) is 16.9 Å². The average molecular weight is 269 g/mol. The zero-order valence-corrected chi connectivity index (χ0v) is 9.60. The topological polar surface area (TPSA) is 69.4 Å². The molecule has 17 heavy (non-hydrogen) atoms. The molecule has 0 saturated carbocycles. The lowest BCUT2D eigenvalue weighted by Gasteiger charge is -2.14. The van der Waals surface area contributed by atoms with Crippen molar-refractivity contribution in [3.8, 4) is 5.75 Å². The molecular weight excluding hydrogens is 259 g/mol. The number of halogens is 3. The largest absolute Gasteiger partial charge is 0.573 e. The molecule has 1 rings (SSSR count). The van der Waals surface area contributed by atoms with Crippen molar-refractivity contribution in [1.29, 1.82) is 0 Å². The Morgan fingerprint density at radius 1 is 1.35 bits per heavy atom. The first-order valence-corrected chi connectivity index (χ1v) is 6.10. The van der Waals surface area contributed by atoms with Gasteiger partial charge in [0, 0.05) is 5.56 Å². The molecule has 1 aromatic rings. The monoisotopic (exact) mass is 269 g/mol. The van der Waals surface area contributed by atoms with Crippen molar-refractivity contribution in [3.63, 3.8) is 0 Å². The lowest BCUT2D eigenvalue weighted by Crippen LogP contribution is -2.20. The van der Waals surface area contributed by atoms with E-state index < -0.39 is 22.1 Å². The van der Waals surface area contributed by atoms with Gasteiger partial charge in [0.05, 0.1) is 4.90 Å². The minimum atomic E-state index is -4.87. The Kier molecular flexibility index (Phi) is 3.68. The molecular formula is C9H10F3NO3S. The smallest absolute Gasteiger partial charge is 0.405 e. The van der Waals surface area contributed by atoms with E-state index in [2.05, 4.69) is 4.74 Å². The molecule has 4 nitrogen and oxygen atoms in total. The fourth-order valence-electron chi connectivity index (χ4n) is 1.38. The van der Waals surface area contributed by atoms with Gasteiger partial charge in [-0.3, -0.25) is 0 Å². The third kappa shape index (κ3) is 3.60. The summed E-state index contributed by atoms with van der Waals surface area (Å²) in [5, 5.41) is 4.90. The quantitative estimate of drug-likeness (QED) is 0.909. The molecule has 0 saturated heterocycles. The first kappa shape index (κ1) is 13.8.